The molecule has 0 amide bonds. The van der Waals surface area contributed by atoms with E-state index in [-0.39, 0.29) is 18.6 Å². The molecular formula is C22H23ClN4O2. The van der Waals surface area contributed by atoms with Gasteiger partial charge in [-0.25, -0.2) is 4.98 Å². The number of nitrogens with one attached hydrogen (secondary N) is 1. The van der Waals surface area contributed by atoms with Gasteiger partial charge in [0.15, 0.2) is 0 Å². The molecule has 3 aromatic rings. The summed E-state index contributed by atoms with van der Waals surface area (Å²) in [4.78, 5) is 8.52. The number of hydrogen-bond acceptors (Lipinski definition) is 6. The van der Waals surface area contributed by atoms with Gasteiger partial charge in [-0.05, 0) is 55.0 Å². The van der Waals surface area contributed by atoms with Gasteiger partial charge in [0.25, 0.3) is 0 Å². The normalized spacial score (nSPS) is 18.6. The Bertz CT molecular complexity index is 967. The lowest BCUT2D eigenvalue weighted by Crippen LogP contribution is -2.18. The molecule has 1 heterocycles. The van der Waals surface area contributed by atoms with Gasteiger partial charge in [-0.15, -0.1) is 0 Å². The largest absolute Gasteiger partial charge is 0.457 e. The van der Waals surface area contributed by atoms with Gasteiger partial charge in [-0.1, -0.05) is 41.9 Å². The van der Waals surface area contributed by atoms with Crippen LogP contribution in [0, 0.1) is 5.92 Å². The van der Waals surface area contributed by atoms with Crippen molar-refractivity contribution in [3.63, 3.8) is 0 Å². The van der Waals surface area contributed by atoms with Crippen molar-refractivity contribution in [1.82, 2.24) is 9.97 Å². The summed E-state index contributed by atoms with van der Waals surface area (Å²) >= 11 is 6.44. The predicted molar refractivity (Wildman–Crippen MR) is 115 cm³/mol. The lowest BCUT2D eigenvalue weighted by molar-refractivity contribution is 0.229. The summed E-state index contributed by atoms with van der Waals surface area (Å²) in [5, 5.41) is 13.1. The molecule has 2 atom stereocenters. The second-order valence-corrected chi connectivity index (χ2v) is 7.60. The van der Waals surface area contributed by atoms with Crippen LogP contribution >= 0.6 is 11.6 Å². The molecule has 29 heavy (non-hydrogen) atoms. The maximum absolute atomic E-state index is 9.40. The molecule has 1 aliphatic carbocycles. The van der Waals surface area contributed by atoms with E-state index in [4.69, 9.17) is 22.1 Å². The van der Waals surface area contributed by atoms with Crippen LogP contribution in [0.1, 0.15) is 19.3 Å². The Morgan fingerprint density at radius 3 is 2.45 bits per heavy atom. The van der Waals surface area contributed by atoms with Crippen molar-refractivity contribution in [2.75, 3.05) is 17.7 Å². The number of nitrogen functional groups attached to an aromatic ring is 1. The fourth-order valence-electron chi connectivity index (χ4n) is 3.69. The highest BCUT2D eigenvalue weighted by atomic mass is 35.5. The third-order valence-electron chi connectivity index (χ3n) is 5.14. The van der Waals surface area contributed by atoms with Crippen LogP contribution in [0.25, 0.3) is 11.1 Å². The summed E-state index contributed by atoms with van der Waals surface area (Å²) in [6, 6.07) is 17.5. The van der Waals surface area contributed by atoms with Crippen molar-refractivity contribution in [2.24, 2.45) is 5.92 Å². The Morgan fingerprint density at radius 2 is 1.76 bits per heavy atom. The summed E-state index contributed by atoms with van der Waals surface area (Å²) in [7, 11) is 0. The zero-order valence-electron chi connectivity index (χ0n) is 15.9. The molecule has 150 valence electrons. The van der Waals surface area contributed by atoms with E-state index < -0.39 is 0 Å². The average Bonchev–Trinajstić information content (AvgIpc) is 3.17. The molecule has 0 unspecified atom stereocenters. The van der Waals surface area contributed by atoms with Gasteiger partial charge in [0, 0.05) is 12.6 Å². The van der Waals surface area contributed by atoms with Crippen LogP contribution in [0.4, 0.5) is 11.8 Å². The van der Waals surface area contributed by atoms with Crippen LogP contribution in [0.2, 0.25) is 5.15 Å². The average molecular weight is 411 g/mol. The maximum atomic E-state index is 9.40. The fourth-order valence-corrected chi connectivity index (χ4v) is 3.97. The molecule has 2 aromatic carbocycles. The molecule has 6 nitrogen and oxygen atoms in total. The molecule has 1 fully saturated rings. The van der Waals surface area contributed by atoms with E-state index in [1.54, 1.807) is 0 Å². The predicted octanol–water partition coefficient (Wildman–Crippen LogP) is 4.74. The molecule has 0 radical (unpaired) electrons. The zero-order chi connectivity index (χ0) is 20.2. The quantitative estimate of drug-likeness (QED) is 0.508. The fraction of sp³-hybridized carbons (Fsp3) is 0.273. The molecule has 4 rings (SSSR count). The molecular weight excluding hydrogens is 388 g/mol. The molecule has 1 aromatic heterocycles. The van der Waals surface area contributed by atoms with Crippen molar-refractivity contribution in [1.29, 1.82) is 0 Å². The smallest absolute Gasteiger partial charge is 0.223 e. The summed E-state index contributed by atoms with van der Waals surface area (Å²) in [6.07, 6.45) is 2.85. The zero-order valence-corrected chi connectivity index (χ0v) is 16.6. The van der Waals surface area contributed by atoms with Crippen molar-refractivity contribution < 1.29 is 9.84 Å². The van der Waals surface area contributed by atoms with Crippen LogP contribution in [-0.4, -0.2) is 27.7 Å². The summed E-state index contributed by atoms with van der Waals surface area (Å²) in [5.41, 5.74) is 7.42. The van der Waals surface area contributed by atoms with Crippen LogP contribution in [0.3, 0.4) is 0 Å². The first-order valence-electron chi connectivity index (χ1n) is 9.66. The topological polar surface area (TPSA) is 93.3 Å². The highest BCUT2D eigenvalue weighted by molar-refractivity contribution is 6.32. The van der Waals surface area contributed by atoms with E-state index >= 15 is 0 Å². The number of halogens is 1. The number of hydrogen-bond donors (Lipinski definition) is 3. The highest BCUT2D eigenvalue weighted by Gasteiger charge is 2.26. The number of rotatable bonds is 6. The Balaban J connectivity index is 1.58. The van der Waals surface area contributed by atoms with Crippen LogP contribution < -0.4 is 15.8 Å². The van der Waals surface area contributed by atoms with E-state index in [9.17, 15) is 5.11 Å². The first-order valence-corrected chi connectivity index (χ1v) is 10.0. The third-order valence-corrected chi connectivity index (χ3v) is 5.42. The molecule has 0 aliphatic heterocycles. The minimum absolute atomic E-state index is 0.127. The number of para-hydroxylation sites is 1. The third kappa shape index (κ3) is 4.60. The van der Waals surface area contributed by atoms with Gasteiger partial charge in [0.1, 0.15) is 22.5 Å². The SMILES string of the molecule is Nc1nc(Cl)c(-c2ccc(Oc3ccccc3)cc2)c(N[C@H]2CC[C@@H](CO)C2)n1. The van der Waals surface area contributed by atoms with Gasteiger partial charge >= 0.3 is 0 Å². The van der Waals surface area contributed by atoms with Gasteiger partial charge in [-0.3, -0.25) is 0 Å². The van der Waals surface area contributed by atoms with Gasteiger partial charge in [0.2, 0.25) is 5.95 Å². The van der Waals surface area contributed by atoms with Gasteiger partial charge in [-0.2, -0.15) is 4.98 Å². The molecule has 0 spiro atoms. The van der Waals surface area contributed by atoms with Crippen molar-refractivity contribution >= 4 is 23.4 Å². The Kier molecular flexibility index (Phi) is 5.83. The Labute approximate surface area is 174 Å². The molecule has 7 heteroatoms. The summed E-state index contributed by atoms with van der Waals surface area (Å²) in [5.74, 6) is 2.56. The lowest BCUT2D eigenvalue weighted by Gasteiger charge is -2.18. The molecule has 0 bridgehead atoms. The van der Waals surface area contributed by atoms with E-state index in [2.05, 4.69) is 15.3 Å². The van der Waals surface area contributed by atoms with E-state index in [0.29, 0.717) is 22.5 Å². The highest BCUT2D eigenvalue weighted by Crippen LogP contribution is 2.37. The van der Waals surface area contributed by atoms with Gasteiger partial charge < -0.3 is 20.9 Å². The number of ether oxygens (including phenoxy) is 1. The molecule has 0 saturated heterocycles. The number of nitrogens with zero attached hydrogens (tertiary/aromatic N) is 2. The van der Waals surface area contributed by atoms with Crippen molar-refractivity contribution in [2.45, 2.75) is 25.3 Å². The van der Waals surface area contributed by atoms with Crippen LogP contribution in [-0.2, 0) is 0 Å². The van der Waals surface area contributed by atoms with E-state index in [1.807, 2.05) is 54.6 Å². The first kappa shape index (κ1) is 19.5. The standard InChI is InChI=1S/C22H23ClN4O2/c23-20-19(15-7-10-18(11-8-15)29-17-4-2-1-3-5-17)21(27-22(24)26-20)25-16-9-6-14(12-16)13-28/h1-5,7-8,10-11,14,16,28H,6,9,12-13H2,(H3,24,25,26,27)/t14-,16+/m1/s1. The van der Waals surface area contributed by atoms with Crippen LogP contribution in [0.15, 0.2) is 54.6 Å². The van der Waals surface area contributed by atoms with E-state index in [1.165, 1.54) is 0 Å². The number of nitrogens with two attached hydrogens (primary N) is 1. The molecule has 1 saturated carbocycles. The Morgan fingerprint density at radius 1 is 1.03 bits per heavy atom. The van der Waals surface area contributed by atoms with Crippen molar-refractivity contribution in [3.05, 3.63) is 59.8 Å². The number of aromatic nitrogens is 2. The lowest BCUT2D eigenvalue weighted by atomic mass is 10.1. The number of aliphatic hydroxyl groups is 1. The monoisotopic (exact) mass is 410 g/mol. The number of aliphatic hydroxyl groups excluding tert-OH is 1. The van der Waals surface area contributed by atoms with E-state index in [0.717, 1.165) is 36.3 Å². The summed E-state index contributed by atoms with van der Waals surface area (Å²) in [6.45, 7) is 0.209. The number of benzene rings is 2. The van der Waals surface area contributed by atoms with Crippen LogP contribution in [0.5, 0.6) is 11.5 Å². The van der Waals surface area contributed by atoms with Crippen molar-refractivity contribution in [3.8, 4) is 22.6 Å². The minimum atomic E-state index is 0.127. The van der Waals surface area contributed by atoms with Gasteiger partial charge in [0.05, 0.1) is 5.56 Å². The second kappa shape index (κ2) is 8.68. The second-order valence-electron chi connectivity index (χ2n) is 7.24. The number of anilines is 2. The maximum Gasteiger partial charge on any atom is 0.223 e. The summed E-state index contributed by atoms with van der Waals surface area (Å²) < 4.78 is 5.86. The minimum Gasteiger partial charge on any atom is -0.457 e. The molecule has 4 N–H and O–H groups in total. The Hall–Kier alpha value is -2.83. The first-order chi connectivity index (χ1) is 14.1. The molecule has 1 aliphatic rings.